The van der Waals surface area contributed by atoms with E-state index in [0.29, 0.717) is 11.7 Å². The molecule has 0 spiro atoms. The van der Waals surface area contributed by atoms with E-state index in [9.17, 15) is 0 Å². The van der Waals surface area contributed by atoms with Crippen LogP contribution in [0.15, 0.2) is 47.1 Å². The van der Waals surface area contributed by atoms with Crippen molar-refractivity contribution in [2.45, 2.75) is 33.7 Å². The van der Waals surface area contributed by atoms with Crippen LogP contribution in [0.2, 0.25) is 0 Å². The van der Waals surface area contributed by atoms with E-state index in [2.05, 4.69) is 60.3 Å². The Balaban J connectivity index is 1.71. The molecule has 2 heterocycles. The summed E-state index contributed by atoms with van der Waals surface area (Å²) in [5.74, 6) is 1.14. The van der Waals surface area contributed by atoms with Gasteiger partial charge in [-0.2, -0.15) is 10.1 Å². The number of hydrogen-bond acceptors (Lipinski definition) is 4. The standard InChI is InChI=1S/C20H20N4O/c1-4-7-24-18-6-5-15(11-17(18)12-21-24)20-22-19(23-25-20)16-9-13(2)8-14(3)10-16/h5-6,8-12H,4,7H2,1-3H3. The lowest BCUT2D eigenvalue weighted by molar-refractivity contribution is 0.432. The molecule has 4 aromatic rings. The van der Waals surface area contributed by atoms with Crippen LogP contribution in [-0.2, 0) is 6.54 Å². The molecule has 0 N–H and O–H groups in total. The Morgan fingerprint density at radius 3 is 2.56 bits per heavy atom. The molecule has 126 valence electrons. The minimum Gasteiger partial charge on any atom is -0.334 e. The summed E-state index contributed by atoms with van der Waals surface area (Å²) in [5, 5.41) is 9.68. The highest BCUT2D eigenvalue weighted by atomic mass is 16.5. The van der Waals surface area contributed by atoms with E-state index in [-0.39, 0.29) is 0 Å². The first-order valence-corrected chi connectivity index (χ1v) is 8.52. The highest BCUT2D eigenvalue weighted by Crippen LogP contribution is 2.26. The molecule has 0 saturated carbocycles. The molecule has 0 atom stereocenters. The smallest absolute Gasteiger partial charge is 0.258 e. The SMILES string of the molecule is CCCn1ncc2cc(-c3nc(-c4cc(C)cc(C)c4)no3)ccc21. The number of fused-ring (bicyclic) bond motifs is 1. The van der Waals surface area contributed by atoms with E-state index >= 15 is 0 Å². The Labute approximate surface area is 146 Å². The number of aromatic nitrogens is 4. The van der Waals surface area contributed by atoms with Crippen molar-refractivity contribution in [1.29, 1.82) is 0 Å². The van der Waals surface area contributed by atoms with Crippen LogP contribution in [0.25, 0.3) is 33.7 Å². The van der Waals surface area contributed by atoms with Crippen LogP contribution in [0, 0.1) is 13.8 Å². The molecular weight excluding hydrogens is 312 g/mol. The third kappa shape index (κ3) is 2.93. The predicted molar refractivity (Wildman–Crippen MR) is 98.2 cm³/mol. The van der Waals surface area contributed by atoms with Gasteiger partial charge in [0.25, 0.3) is 5.89 Å². The summed E-state index contributed by atoms with van der Waals surface area (Å²) >= 11 is 0. The van der Waals surface area contributed by atoms with Gasteiger partial charge in [-0.15, -0.1) is 0 Å². The minimum absolute atomic E-state index is 0.527. The van der Waals surface area contributed by atoms with Crippen LogP contribution in [0.3, 0.4) is 0 Å². The van der Waals surface area contributed by atoms with Crippen LogP contribution < -0.4 is 0 Å². The topological polar surface area (TPSA) is 56.7 Å². The molecule has 5 heteroatoms. The van der Waals surface area contributed by atoms with E-state index in [4.69, 9.17) is 4.52 Å². The Bertz CT molecular complexity index is 1020. The largest absolute Gasteiger partial charge is 0.334 e. The number of nitrogens with zero attached hydrogens (tertiary/aromatic N) is 4. The summed E-state index contributed by atoms with van der Waals surface area (Å²) in [6, 6.07) is 12.4. The summed E-state index contributed by atoms with van der Waals surface area (Å²) in [4.78, 5) is 4.58. The van der Waals surface area contributed by atoms with E-state index in [1.165, 1.54) is 11.1 Å². The lowest BCUT2D eigenvalue weighted by Crippen LogP contribution is -1.97. The van der Waals surface area contributed by atoms with E-state index in [0.717, 1.165) is 35.0 Å². The summed E-state index contributed by atoms with van der Waals surface area (Å²) in [6.45, 7) is 7.20. The monoisotopic (exact) mass is 332 g/mol. The summed E-state index contributed by atoms with van der Waals surface area (Å²) in [6.07, 6.45) is 2.94. The predicted octanol–water partition coefficient (Wildman–Crippen LogP) is 4.78. The second-order valence-corrected chi connectivity index (χ2v) is 6.44. The maximum Gasteiger partial charge on any atom is 0.258 e. The van der Waals surface area contributed by atoms with Gasteiger partial charge in [0.1, 0.15) is 0 Å². The van der Waals surface area contributed by atoms with Crippen molar-refractivity contribution in [3.8, 4) is 22.8 Å². The van der Waals surface area contributed by atoms with Gasteiger partial charge in [-0.3, -0.25) is 4.68 Å². The van der Waals surface area contributed by atoms with Crippen LogP contribution in [0.1, 0.15) is 24.5 Å². The minimum atomic E-state index is 0.527. The first-order valence-electron chi connectivity index (χ1n) is 8.52. The maximum absolute atomic E-state index is 5.50. The fourth-order valence-corrected chi connectivity index (χ4v) is 3.17. The second kappa shape index (κ2) is 6.16. The molecule has 5 nitrogen and oxygen atoms in total. The highest BCUT2D eigenvalue weighted by Gasteiger charge is 2.13. The molecule has 0 amide bonds. The highest BCUT2D eigenvalue weighted by molar-refractivity contribution is 5.83. The van der Waals surface area contributed by atoms with Gasteiger partial charge in [0.2, 0.25) is 5.82 Å². The second-order valence-electron chi connectivity index (χ2n) is 6.44. The normalized spacial score (nSPS) is 11.3. The molecule has 2 aromatic heterocycles. The molecule has 0 aliphatic carbocycles. The molecule has 0 aliphatic rings. The van der Waals surface area contributed by atoms with Crippen molar-refractivity contribution in [2.75, 3.05) is 0 Å². The van der Waals surface area contributed by atoms with Crippen molar-refractivity contribution < 1.29 is 4.52 Å². The molecule has 0 saturated heterocycles. The third-order valence-electron chi connectivity index (χ3n) is 4.23. The fourth-order valence-electron chi connectivity index (χ4n) is 3.17. The van der Waals surface area contributed by atoms with E-state index in [1.807, 2.05) is 23.0 Å². The zero-order chi connectivity index (χ0) is 17.4. The van der Waals surface area contributed by atoms with Crippen LogP contribution in [0.4, 0.5) is 0 Å². The van der Waals surface area contributed by atoms with Crippen LogP contribution in [-0.4, -0.2) is 19.9 Å². The first-order chi connectivity index (χ1) is 12.1. The molecule has 4 rings (SSSR count). The molecule has 25 heavy (non-hydrogen) atoms. The molecule has 0 bridgehead atoms. The number of rotatable bonds is 4. The van der Waals surface area contributed by atoms with E-state index in [1.54, 1.807) is 0 Å². The fraction of sp³-hybridized carbons (Fsp3) is 0.250. The van der Waals surface area contributed by atoms with E-state index < -0.39 is 0 Å². The zero-order valence-electron chi connectivity index (χ0n) is 14.7. The Hall–Kier alpha value is -2.95. The molecular formula is C20H20N4O. The average molecular weight is 332 g/mol. The molecule has 0 radical (unpaired) electrons. The Kier molecular flexibility index (Phi) is 3.84. The summed E-state index contributed by atoms with van der Waals surface area (Å²) in [5.41, 5.74) is 5.38. The van der Waals surface area contributed by atoms with Crippen LogP contribution in [0.5, 0.6) is 0 Å². The van der Waals surface area contributed by atoms with Crippen molar-refractivity contribution >= 4 is 10.9 Å². The average Bonchev–Trinajstić information content (AvgIpc) is 3.21. The van der Waals surface area contributed by atoms with Gasteiger partial charge in [0, 0.05) is 23.1 Å². The van der Waals surface area contributed by atoms with Crippen molar-refractivity contribution in [3.05, 3.63) is 53.7 Å². The summed E-state index contributed by atoms with van der Waals surface area (Å²) < 4.78 is 7.52. The van der Waals surface area contributed by atoms with Crippen LogP contribution >= 0.6 is 0 Å². The van der Waals surface area contributed by atoms with Gasteiger partial charge in [-0.25, -0.2) is 0 Å². The van der Waals surface area contributed by atoms with Crippen molar-refractivity contribution in [1.82, 2.24) is 19.9 Å². The van der Waals surface area contributed by atoms with Gasteiger partial charge >= 0.3 is 0 Å². The molecule has 0 unspecified atom stereocenters. The van der Waals surface area contributed by atoms with Gasteiger partial charge < -0.3 is 4.52 Å². The lowest BCUT2D eigenvalue weighted by Gasteiger charge is -2.01. The Morgan fingerprint density at radius 2 is 1.80 bits per heavy atom. The lowest BCUT2D eigenvalue weighted by atomic mass is 10.1. The Morgan fingerprint density at radius 1 is 1.00 bits per heavy atom. The van der Waals surface area contributed by atoms with Gasteiger partial charge in [0.05, 0.1) is 11.7 Å². The third-order valence-corrected chi connectivity index (χ3v) is 4.23. The van der Waals surface area contributed by atoms with Gasteiger partial charge in [-0.1, -0.05) is 29.3 Å². The zero-order valence-corrected chi connectivity index (χ0v) is 14.7. The number of hydrogen-bond donors (Lipinski definition) is 0. The number of aryl methyl sites for hydroxylation is 3. The van der Waals surface area contributed by atoms with Gasteiger partial charge in [-0.05, 0) is 50.6 Å². The maximum atomic E-state index is 5.50. The number of benzene rings is 2. The van der Waals surface area contributed by atoms with Gasteiger partial charge in [0.15, 0.2) is 0 Å². The molecule has 2 aromatic carbocycles. The summed E-state index contributed by atoms with van der Waals surface area (Å²) in [7, 11) is 0. The first kappa shape index (κ1) is 15.6. The quantitative estimate of drug-likeness (QED) is 0.539. The van der Waals surface area contributed by atoms with Crippen molar-refractivity contribution in [2.24, 2.45) is 0 Å². The molecule has 0 fully saturated rings. The molecule has 0 aliphatic heterocycles. The van der Waals surface area contributed by atoms with Crippen molar-refractivity contribution in [3.63, 3.8) is 0 Å².